The van der Waals surface area contributed by atoms with E-state index in [1.54, 1.807) is 0 Å². The van der Waals surface area contributed by atoms with Crippen LogP contribution in [0.1, 0.15) is 0 Å². The number of aliphatic hydroxyl groups excluding tert-OH is 1. The average molecular weight is 369 g/mol. The van der Waals surface area contributed by atoms with Crippen molar-refractivity contribution in [3.8, 4) is 5.75 Å². The van der Waals surface area contributed by atoms with Gasteiger partial charge in [0.25, 0.3) is 0 Å². The molecule has 0 amide bonds. The summed E-state index contributed by atoms with van der Waals surface area (Å²) in [5.74, 6) is 0.774. The molecular weight excluding hydrogens is 353 g/mol. The second-order valence-electron chi connectivity index (χ2n) is 4.17. The van der Waals surface area contributed by atoms with Gasteiger partial charge in [-0.1, -0.05) is 18.2 Å². The molecule has 1 atom stereocenters. The summed E-state index contributed by atoms with van der Waals surface area (Å²) in [5, 5.41) is 13.0. The molecule has 3 nitrogen and oxygen atoms in total. The number of hydrogen-bond donors (Lipinski definition) is 2. The van der Waals surface area contributed by atoms with Crippen molar-refractivity contribution in [1.29, 1.82) is 0 Å². The van der Waals surface area contributed by atoms with Crippen LogP contribution in [0.4, 0.5) is 5.69 Å². The van der Waals surface area contributed by atoms with Gasteiger partial charge in [0.1, 0.15) is 18.5 Å². The van der Waals surface area contributed by atoms with E-state index in [1.165, 1.54) is 3.57 Å². The van der Waals surface area contributed by atoms with Gasteiger partial charge in [0, 0.05) is 15.8 Å². The molecule has 0 aliphatic rings. The number of halogens is 1. The van der Waals surface area contributed by atoms with Crippen LogP contribution in [0.3, 0.4) is 0 Å². The van der Waals surface area contributed by atoms with Crippen molar-refractivity contribution in [2.45, 2.75) is 6.10 Å². The fourth-order valence-electron chi connectivity index (χ4n) is 1.57. The predicted molar refractivity (Wildman–Crippen MR) is 85.6 cm³/mol. The number of nitrogens with one attached hydrogen (secondary N) is 1. The summed E-state index contributed by atoms with van der Waals surface area (Å²) >= 11 is 2.26. The maximum Gasteiger partial charge on any atom is 0.119 e. The second-order valence-corrected chi connectivity index (χ2v) is 5.41. The predicted octanol–water partition coefficient (Wildman–Crippen LogP) is 3.14. The highest BCUT2D eigenvalue weighted by Crippen LogP contribution is 2.11. The van der Waals surface area contributed by atoms with Gasteiger partial charge in [0.15, 0.2) is 0 Å². The molecule has 1 unspecified atom stereocenters. The van der Waals surface area contributed by atoms with E-state index in [9.17, 15) is 5.11 Å². The minimum atomic E-state index is -0.542. The van der Waals surface area contributed by atoms with Crippen LogP contribution in [-0.4, -0.2) is 24.4 Å². The van der Waals surface area contributed by atoms with Crippen LogP contribution in [0.2, 0.25) is 0 Å². The van der Waals surface area contributed by atoms with Crippen molar-refractivity contribution in [2.24, 2.45) is 0 Å². The number of para-hydroxylation sites is 1. The van der Waals surface area contributed by atoms with Crippen LogP contribution >= 0.6 is 22.6 Å². The molecule has 0 aliphatic carbocycles. The lowest BCUT2D eigenvalue weighted by Crippen LogP contribution is -2.26. The normalized spacial score (nSPS) is 11.9. The molecule has 2 aromatic carbocycles. The minimum absolute atomic E-state index is 0.279. The topological polar surface area (TPSA) is 41.5 Å². The van der Waals surface area contributed by atoms with Gasteiger partial charge in [-0.3, -0.25) is 0 Å². The van der Waals surface area contributed by atoms with Crippen molar-refractivity contribution < 1.29 is 9.84 Å². The second kappa shape index (κ2) is 7.35. The van der Waals surface area contributed by atoms with Crippen molar-refractivity contribution >= 4 is 28.3 Å². The van der Waals surface area contributed by atoms with Gasteiger partial charge < -0.3 is 15.2 Å². The van der Waals surface area contributed by atoms with Gasteiger partial charge >= 0.3 is 0 Å². The van der Waals surface area contributed by atoms with Crippen LogP contribution in [0.15, 0.2) is 54.6 Å². The highest BCUT2D eigenvalue weighted by Gasteiger charge is 2.05. The Morgan fingerprint density at radius 3 is 2.42 bits per heavy atom. The summed E-state index contributed by atoms with van der Waals surface area (Å²) in [7, 11) is 0. The minimum Gasteiger partial charge on any atom is -0.491 e. The first-order chi connectivity index (χ1) is 9.24. The molecule has 19 heavy (non-hydrogen) atoms. The molecule has 2 N–H and O–H groups in total. The lowest BCUT2D eigenvalue weighted by molar-refractivity contribution is 0.117. The van der Waals surface area contributed by atoms with E-state index in [0.29, 0.717) is 6.54 Å². The summed E-state index contributed by atoms with van der Waals surface area (Å²) in [5.41, 5.74) is 0.999. The molecule has 0 fully saturated rings. The summed E-state index contributed by atoms with van der Waals surface area (Å²) in [6.45, 7) is 0.745. The van der Waals surface area contributed by atoms with E-state index in [1.807, 2.05) is 54.6 Å². The number of ether oxygens (including phenoxy) is 1. The highest BCUT2D eigenvalue weighted by molar-refractivity contribution is 14.1. The first kappa shape index (κ1) is 14.1. The third-order valence-corrected chi connectivity index (χ3v) is 3.29. The molecule has 0 saturated heterocycles. The molecule has 4 heteroatoms. The molecule has 2 rings (SSSR count). The average Bonchev–Trinajstić information content (AvgIpc) is 2.45. The van der Waals surface area contributed by atoms with E-state index < -0.39 is 6.10 Å². The van der Waals surface area contributed by atoms with E-state index in [4.69, 9.17) is 4.74 Å². The zero-order valence-electron chi connectivity index (χ0n) is 10.4. The standard InChI is InChI=1S/C15H16INO2/c16-12-6-8-13(9-7-12)17-10-14(18)11-19-15-4-2-1-3-5-15/h1-9,14,17-18H,10-11H2. The zero-order chi connectivity index (χ0) is 13.5. The zero-order valence-corrected chi connectivity index (χ0v) is 12.6. The molecule has 0 bridgehead atoms. The van der Waals surface area contributed by atoms with E-state index >= 15 is 0 Å². The Balaban J connectivity index is 1.72. The molecule has 0 aromatic heterocycles. The summed E-state index contributed by atoms with van der Waals surface area (Å²) in [6, 6.07) is 17.5. The van der Waals surface area contributed by atoms with Gasteiger partial charge in [-0.15, -0.1) is 0 Å². The number of rotatable bonds is 6. The molecule has 0 spiro atoms. The summed E-state index contributed by atoms with van der Waals surface area (Å²) in [4.78, 5) is 0. The Morgan fingerprint density at radius 2 is 1.74 bits per heavy atom. The molecule has 0 heterocycles. The van der Waals surface area contributed by atoms with E-state index in [-0.39, 0.29) is 6.61 Å². The number of aliphatic hydroxyl groups is 1. The largest absolute Gasteiger partial charge is 0.491 e. The molecule has 2 aromatic rings. The molecule has 0 radical (unpaired) electrons. The lowest BCUT2D eigenvalue weighted by atomic mass is 10.3. The number of anilines is 1. The smallest absolute Gasteiger partial charge is 0.119 e. The highest BCUT2D eigenvalue weighted by atomic mass is 127. The van der Waals surface area contributed by atoms with Gasteiger partial charge in [0.2, 0.25) is 0 Å². The third kappa shape index (κ3) is 5.08. The Hall–Kier alpha value is -1.27. The van der Waals surface area contributed by atoms with Gasteiger partial charge in [-0.05, 0) is 59.0 Å². The Bertz CT molecular complexity index is 487. The van der Waals surface area contributed by atoms with Crippen LogP contribution in [0, 0.1) is 3.57 Å². The molecule has 100 valence electrons. The Labute approximate surface area is 126 Å². The van der Waals surface area contributed by atoms with Crippen LogP contribution in [0.25, 0.3) is 0 Å². The third-order valence-electron chi connectivity index (χ3n) is 2.57. The maximum absolute atomic E-state index is 9.84. The van der Waals surface area contributed by atoms with Gasteiger partial charge in [-0.25, -0.2) is 0 Å². The van der Waals surface area contributed by atoms with E-state index in [0.717, 1.165) is 11.4 Å². The van der Waals surface area contributed by atoms with E-state index in [2.05, 4.69) is 27.9 Å². The van der Waals surface area contributed by atoms with Gasteiger partial charge in [-0.2, -0.15) is 0 Å². The monoisotopic (exact) mass is 369 g/mol. The van der Waals surface area contributed by atoms with Gasteiger partial charge in [0.05, 0.1) is 0 Å². The number of hydrogen-bond acceptors (Lipinski definition) is 3. The first-order valence-corrected chi connectivity index (χ1v) is 7.17. The van der Waals surface area contributed by atoms with Crippen LogP contribution in [-0.2, 0) is 0 Å². The first-order valence-electron chi connectivity index (χ1n) is 6.09. The fraction of sp³-hybridized carbons (Fsp3) is 0.200. The summed E-state index contributed by atoms with van der Waals surface area (Å²) < 4.78 is 6.67. The van der Waals surface area contributed by atoms with Crippen molar-refractivity contribution in [3.05, 3.63) is 58.2 Å². The van der Waals surface area contributed by atoms with Crippen molar-refractivity contribution in [1.82, 2.24) is 0 Å². The van der Waals surface area contributed by atoms with Crippen LogP contribution in [0.5, 0.6) is 5.75 Å². The fourth-order valence-corrected chi connectivity index (χ4v) is 1.93. The molecular formula is C15H16INO2. The van der Waals surface area contributed by atoms with Crippen LogP contribution < -0.4 is 10.1 Å². The Morgan fingerprint density at radius 1 is 1.05 bits per heavy atom. The van der Waals surface area contributed by atoms with Crippen molar-refractivity contribution in [3.63, 3.8) is 0 Å². The summed E-state index contributed by atoms with van der Waals surface area (Å²) in [6.07, 6.45) is -0.542. The SMILES string of the molecule is OC(CNc1ccc(I)cc1)COc1ccccc1. The lowest BCUT2D eigenvalue weighted by Gasteiger charge is -2.14. The van der Waals surface area contributed by atoms with Crippen molar-refractivity contribution in [2.75, 3.05) is 18.5 Å². The quantitative estimate of drug-likeness (QED) is 0.769. The molecule has 0 saturated carbocycles. The number of benzene rings is 2. The maximum atomic E-state index is 9.84. The molecule has 0 aliphatic heterocycles. The Kier molecular flexibility index (Phi) is 5.47.